The summed E-state index contributed by atoms with van der Waals surface area (Å²) < 4.78 is 1.09. The number of amides is 2. The lowest BCUT2D eigenvalue weighted by atomic mass is 10.0. The molecule has 0 bridgehead atoms. The zero-order valence-corrected chi connectivity index (χ0v) is 13.9. The maximum Gasteiger partial charge on any atom is 0.297 e. The Morgan fingerprint density at radius 3 is 2.68 bits per heavy atom. The van der Waals surface area contributed by atoms with Crippen LogP contribution in [-0.2, 0) is 23.4 Å². The molecule has 0 saturated carbocycles. The quantitative estimate of drug-likeness (QED) is 0.740. The van der Waals surface area contributed by atoms with Gasteiger partial charge in [-0.2, -0.15) is 0 Å². The van der Waals surface area contributed by atoms with E-state index in [-0.39, 0.29) is 30.5 Å². The maximum absolute atomic E-state index is 12.4. The van der Waals surface area contributed by atoms with Crippen molar-refractivity contribution >= 4 is 11.8 Å². The molecule has 25 heavy (non-hydrogen) atoms. The van der Waals surface area contributed by atoms with Crippen LogP contribution in [-0.4, -0.2) is 26.5 Å². The van der Waals surface area contributed by atoms with Crippen LogP contribution in [0.1, 0.15) is 35.7 Å². The predicted molar refractivity (Wildman–Crippen MR) is 88.9 cm³/mol. The molecular weight excluding hydrogens is 324 g/mol. The Morgan fingerprint density at radius 1 is 1.32 bits per heavy atom. The Balaban J connectivity index is 1.95. The minimum Gasteiger partial charge on any atom is -0.501 e. The molecule has 3 N–H and O–H groups in total. The third-order valence-electron chi connectivity index (χ3n) is 3.97. The van der Waals surface area contributed by atoms with Crippen molar-refractivity contribution in [1.29, 1.82) is 0 Å². The van der Waals surface area contributed by atoms with E-state index >= 15 is 0 Å². The van der Waals surface area contributed by atoms with Crippen LogP contribution in [0.25, 0.3) is 0 Å². The van der Waals surface area contributed by atoms with Crippen molar-refractivity contribution in [2.75, 3.05) is 0 Å². The highest BCUT2D eigenvalue weighted by Gasteiger charge is 2.36. The van der Waals surface area contributed by atoms with Crippen molar-refractivity contribution in [1.82, 2.24) is 20.2 Å². The van der Waals surface area contributed by atoms with E-state index in [0.29, 0.717) is 0 Å². The molecule has 1 aliphatic rings. The maximum atomic E-state index is 12.4. The molecule has 0 unspecified atom stereocenters. The van der Waals surface area contributed by atoms with Gasteiger partial charge < -0.3 is 15.7 Å². The number of hydrogen-bond acceptors (Lipinski definition) is 5. The third kappa shape index (κ3) is 3.10. The fraction of sp³-hybridized carbons (Fsp3) is 0.294. The summed E-state index contributed by atoms with van der Waals surface area (Å²) in [5.74, 6) is -1.56. The SMILES string of the molecule is CC1(C)NC(=O)Cn2c1nc(C(=O)NCc1ccccc1)c(O)c2=O. The van der Waals surface area contributed by atoms with Crippen LogP contribution in [0.2, 0.25) is 0 Å². The monoisotopic (exact) mass is 342 g/mol. The number of benzene rings is 1. The Morgan fingerprint density at radius 2 is 2.00 bits per heavy atom. The topological polar surface area (TPSA) is 113 Å². The average Bonchev–Trinajstić information content (AvgIpc) is 2.56. The number of aromatic hydroxyl groups is 1. The van der Waals surface area contributed by atoms with E-state index < -0.39 is 22.8 Å². The summed E-state index contributed by atoms with van der Waals surface area (Å²) in [6.45, 7) is 3.33. The summed E-state index contributed by atoms with van der Waals surface area (Å²) in [5, 5.41) is 15.4. The van der Waals surface area contributed by atoms with E-state index in [1.807, 2.05) is 30.3 Å². The standard InChI is InChI=1S/C17H18N4O4/c1-17(2)16-19-12(13(23)15(25)21(16)9-11(22)20-17)14(24)18-8-10-6-4-3-5-7-10/h3-7,23H,8-9H2,1-2H3,(H,18,24)(H,20,22). The van der Waals surface area contributed by atoms with Gasteiger partial charge in [0.05, 0.1) is 5.54 Å². The molecule has 2 amide bonds. The normalized spacial score (nSPS) is 15.2. The molecule has 1 aromatic heterocycles. The molecule has 1 aromatic carbocycles. The van der Waals surface area contributed by atoms with Crippen LogP contribution >= 0.6 is 0 Å². The van der Waals surface area contributed by atoms with E-state index in [4.69, 9.17) is 0 Å². The Bertz CT molecular complexity index is 903. The van der Waals surface area contributed by atoms with Crippen LogP contribution in [0.5, 0.6) is 5.75 Å². The molecular formula is C17H18N4O4. The van der Waals surface area contributed by atoms with Gasteiger partial charge >= 0.3 is 0 Å². The van der Waals surface area contributed by atoms with E-state index in [1.54, 1.807) is 13.8 Å². The van der Waals surface area contributed by atoms with Gasteiger partial charge in [-0.3, -0.25) is 19.0 Å². The van der Waals surface area contributed by atoms with Crippen LogP contribution in [0.15, 0.2) is 35.1 Å². The molecule has 2 heterocycles. The minimum atomic E-state index is -0.934. The van der Waals surface area contributed by atoms with Crippen molar-refractivity contribution < 1.29 is 14.7 Å². The lowest BCUT2D eigenvalue weighted by molar-refractivity contribution is -0.125. The number of aromatic nitrogens is 2. The molecule has 0 aliphatic carbocycles. The summed E-state index contributed by atoms with van der Waals surface area (Å²) in [5.41, 5.74) is -1.22. The Labute approximate surface area is 143 Å². The lowest BCUT2D eigenvalue weighted by Gasteiger charge is -2.33. The number of nitrogens with zero attached hydrogens (tertiary/aromatic N) is 2. The molecule has 0 radical (unpaired) electrons. The Kier molecular flexibility index (Phi) is 4.03. The van der Waals surface area contributed by atoms with Gasteiger partial charge in [0, 0.05) is 6.54 Å². The molecule has 0 fully saturated rings. The van der Waals surface area contributed by atoms with Crippen LogP contribution in [0, 0.1) is 0 Å². The molecule has 130 valence electrons. The Hall–Kier alpha value is -3.16. The van der Waals surface area contributed by atoms with Gasteiger partial charge in [-0.05, 0) is 19.4 Å². The van der Waals surface area contributed by atoms with Crippen LogP contribution in [0.4, 0.5) is 0 Å². The van der Waals surface area contributed by atoms with Gasteiger partial charge in [0.15, 0.2) is 5.69 Å². The second-order valence-electron chi connectivity index (χ2n) is 6.37. The fourth-order valence-corrected chi connectivity index (χ4v) is 2.78. The van der Waals surface area contributed by atoms with Gasteiger partial charge in [-0.1, -0.05) is 30.3 Å². The van der Waals surface area contributed by atoms with E-state index in [1.165, 1.54) is 0 Å². The molecule has 0 saturated heterocycles. The van der Waals surface area contributed by atoms with Crippen molar-refractivity contribution in [3.63, 3.8) is 0 Å². The molecule has 8 heteroatoms. The summed E-state index contributed by atoms with van der Waals surface area (Å²) in [7, 11) is 0. The first-order valence-corrected chi connectivity index (χ1v) is 7.77. The highest BCUT2D eigenvalue weighted by atomic mass is 16.3. The number of hydrogen-bond donors (Lipinski definition) is 3. The first-order valence-electron chi connectivity index (χ1n) is 7.77. The van der Waals surface area contributed by atoms with Crippen molar-refractivity contribution in [2.45, 2.75) is 32.5 Å². The second-order valence-corrected chi connectivity index (χ2v) is 6.37. The number of fused-ring (bicyclic) bond motifs is 1. The smallest absolute Gasteiger partial charge is 0.297 e. The highest BCUT2D eigenvalue weighted by Crippen LogP contribution is 2.23. The molecule has 0 atom stereocenters. The minimum absolute atomic E-state index is 0.222. The first kappa shape index (κ1) is 16.7. The van der Waals surface area contributed by atoms with Gasteiger partial charge in [-0.15, -0.1) is 0 Å². The number of carbonyl (C=O) groups is 2. The lowest BCUT2D eigenvalue weighted by Crippen LogP contribution is -2.53. The van der Waals surface area contributed by atoms with Gasteiger partial charge in [0.25, 0.3) is 11.5 Å². The van der Waals surface area contributed by atoms with Crippen molar-refractivity contribution in [3.8, 4) is 5.75 Å². The number of nitrogens with one attached hydrogen (secondary N) is 2. The highest BCUT2D eigenvalue weighted by molar-refractivity contribution is 5.94. The largest absolute Gasteiger partial charge is 0.501 e. The van der Waals surface area contributed by atoms with E-state index in [0.717, 1.165) is 10.1 Å². The van der Waals surface area contributed by atoms with E-state index in [9.17, 15) is 19.5 Å². The van der Waals surface area contributed by atoms with Gasteiger partial charge in [-0.25, -0.2) is 4.98 Å². The molecule has 1 aliphatic heterocycles. The molecule has 8 nitrogen and oxygen atoms in total. The van der Waals surface area contributed by atoms with E-state index in [2.05, 4.69) is 15.6 Å². The number of carbonyl (C=O) groups excluding carboxylic acids is 2. The van der Waals surface area contributed by atoms with Gasteiger partial charge in [0.1, 0.15) is 12.4 Å². The zero-order chi connectivity index (χ0) is 18.2. The molecule has 2 aromatic rings. The van der Waals surface area contributed by atoms with Crippen molar-refractivity contribution in [2.24, 2.45) is 0 Å². The van der Waals surface area contributed by atoms with Crippen LogP contribution < -0.4 is 16.2 Å². The van der Waals surface area contributed by atoms with Crippen LogP contribution in [0.3, 0.4) is 0 Å². The second kappa shape index (κ2) is 6.04. The summed E-state index contributed by atoms with van der Waals surface area (Å²) >= 11 is 0. The first-order chi connectivity index (χ1) is 11.8. The summed E-state index contributed by atoms with van der Waals surface area (Å²) in [6.07, 6.45) is 0. The summed E-state index contributed by atoms with van der Waals surface area (Å²) in [6, 6.07) is 9.22. The zero-order valence-electron chi connectivity index (χ0n) is 13.9. The molecule has 3 rings (SSSR count). The average molecular weight is 342 g/mol. The third-order valence-corrected chi connectivity index (χ3v) is 3.97. The van der Waals surface area contributed by atoms with Gasteiger partial charge in [0.2, 0.25) is 11.7 Å². The van der Waals surface area contributed by atoms with Crippen molar-refractivity contribution in [3.05, 3.63) is 57.8 Å². The summed E-state index contributed by atoms with van der Waals surface area (Å²) in [4.78, 5) is 40.6. The number of rotatable bonds is 3. The predicted octanol–water partition coefficient (Wildman–Crippen LogP) is 0.244. The fourth-order valence-electron chi connectivity index (χ4n) is 2.78. The molecule has 0 spiro atoms.